The molecule has 1 atom stereocenters. The molecule has 35 heavy (non-hydrogen) atoms. The molecule has 178 valence electrons. The molecule has 8 nitrogen and oxygen atoms in total. The van der Waals surface area contributed by atoms with Gasteiger partial charge in [-0.05, 0) is 54.3 Å². The van der Waals surface area contributed by atoms with Gasteiger partial charge in [0, 0.05) is 49.6 Å². The van der Waals surface area contributed by atoms with Gasteiger partial charge in [-0.25, -0.2) is 5.01 Å². The average Bonchev–Trinajstić information content (AvgIpc) is 3.42. The number of amides is 3. The van der Waals surface area contributed by atoms with Crippen molar-refractivity contribution in [3.63, 3.8) is 0 Å². The van der Waals surface area contributed by atoms with Crippen molar-refractivity contribution in [2.75, 3.05) is 13.1 Å². The lowest BCUT2D eigenvalue weighted by Crippen LogP contribution is -2.51. The van der Waals surface area contributed by atoms with Crippen LogP contribution in [0.25, 0.3) is 10.9 Å². The van der Waals surface area contributed by atoms with E-state index in [9.17, 15) is 14.4 Å². The Balaban J connectivity index is 1.10. The number of piperidine rings is 1. The fraction of sp³-hybridized carbons (Fsp3) is 0.333. The highest BCUT2D eigenvalue weighted by atomic mass is 16.5. The minimum absolute atomic E-state index is 0.0555. The topological polar surface area (TPSA) is 83.1 Å². The summed E-state index contributed by atoms with van der Waals surface area (Å²) >= 11 is 0. The van der Waals surface area contributed by atoms with Crippen molar-refractivity contribution in [2.45, 2.75) is 44.9 Å². The first-order valence-electron chi connectivity index (χ1n) is 12.1. The number of fused-ring (bicyclic) bond motifs is 2. The number of rotatable bonds is 5. The maximum absolute atomic E-state index is 12.9. The molecule has 3 amide bonds. The number of carbonyl (C=O) groups is 3. The van der Waals surface area contributed by atoms with Crippen molar-refractivity contribution in [1.29, 1.82) is 0 Å². The molecular weight excluding hydrogens is 444 g/mol. The lowest BCUT2D eigenvalue weighted by atomic mass is 10.1. The first-order chi connectivity index (χ1) is 17.0. The van der Waals surface area contributed by atoms with Crippen molar-refractivity contribution < 1.29 is 19.1 Å². The molecule has 1 aromatic heterocycles. The van der Waals surface area contributed by atoms with Crippen LogP contribution >= 0.6 is 0 Å². The molecule has 2 saturated heterocycles. The van der Waals surface area contributed by atoms with Gasteiger partial charge in [0.25, 0.3) is 5.91 Å². The van der Waals surface area contributed by atoms with Crippen LogP contribution in [-0.2, 0) is 22.7 Å². The van der Waals surface area contributed by atoms with E-state index in [-0.39, 0.29) is 43.2 Å². The molecule has 2 aromatic carbocycles. The van der Waals surface area contributed by atoms with E-state index in [0.717, 1.165) is 47.5 Å². The Morgan fingerprint density at radius 1 is 1.00 bits per heavy atom. The van der Waals surface area contributed by atoms with Gasteiger partial charge in [-0.15, -0.1) is 0 Å². The van der Waals surface area contributed by atoms with Gasteiger partial charge in [0.15, 0.2) is 0 Å². The number of hydrazine groups is 1. The quantitative estimate of drug-likeness (QED) is 0.532. The summed E-state index contributed by atoms with van der Waals surface area (Å²) in [5.41, 5.74) is 3.47. The lowest BCUT2D eigenvalue weighted by Gasteiger charge is -2.32. The van der Waals surface area contributed by atoms with Crippen LogP contribution in [0.4, 0.5) is 0 Å². The molecule has 3 aromatic rings. The van der Waals surface area contributed by atoms with Gasteiger partial charge in [-0.1, -0.05) is 18.2 Å². The Bertz CT molecular complexity index is 1320. The molecule has 6 rings (SSSR count). The Labute approximate surface area is 203 Å². The standard InChI is InChI=1S/C27H26N4O4/c32-25-6-3-7-26(33)31(25)30-16-20-13-21(8-9-23(20)27(30)34)35-22-10-11-29(17-22)15-18-12-19-4-1-2-5-24(19)28-14-18/h1-2,4-5,8-9,12-14,22H,3,6-7,10-11,15-17H2/t22-/m1/s1. The van der Waals surface area contributed by atoms with E-state index in [1.54, 1.807) is 12.1 Å². The predicted octanol–water partition coefficient (Wildman–Crippen LogP) is 3.30. The fourth-order valence-corrected chi connectivity index (χ4v) is 5.22. The van der Waals surface area contributed by atoms with Gasteiger partial charge >= 0.3 is 0 Å². The van der Waals surface area contributed by atoms with Crippen molar-refractivity contribution >= 4 is 28.6 Å². The third-order valence-corrected chi connectivity index (χ3v) is 6.94. The number of hydrogen-bond acceptors (Lipinski definition) is 6. The van der Waals surface area contributed by atoms with Gasteiger partial charge in [0.05, 0.1) is 12.1 Å². The first kappa shape index (κ1) is 21.7. The van der Waals surface area contributed by atoms with E-state index in [2.05, 4.69) is 22.0 Å². The van der Waals surface area contributed by atoms with Gasteiger partial charge in [0.1, 0.15) is 11.9 Å². The molecular formula is C27H26N4O4. The predicted molar refractivity (Wildman–Crippen MR) is 128 cm³/mol. The number of likely N-dealkylation sites (tertiary alicyclic amines) is 1. The smallest absolute Gasteiger partial charge is 0.273 e. The molecule has 2 fully saturated rings. The van der Waals surface area contributed by atoms with E-state index < -0.39 is 0 Å². The minimum atomic E-state index is -0.314. The number of aromatic nitrogens is 1. The molecule has 3 aliphatic rings. The molecule has 0 saturated carbocycles. The minimum Gasteiger partial charge on any atom is -0.489 e. The number of ether oxygens (including phenoxy) is 1. The largest absolute Gasteiger partial charge is 0.489 e. The average molecular weight is 471 g/mol. The Morgan fingerprint density at radius 2 is 1.83 bits per heavy atom. The molecule has 8 heteroatoms. The lowest BCUT2D eigenvalue weighted by molar-refractivity contribution is -0.163. The van der Waals surface area contributed by atoms with Crippen molar-refractivity contribution in [3.8, 4) is 5.75 Å². The normalized spacial score (nSPS) is 20.7. The summed E-state index contributed by atoms with van der Waals surface area (Å²) in [5, 5.41) is 3.45. The zero-order valence-electron chi connectivity index (χ0n) is 19.4. The highest BCUT2D eigenvalue weighted by Crippen LogP contribution is 2.31. The third kappa shape index (κ3) is 4.14. The zero-order valence-corrected chi connectivity index (χ0v) is 19.4. The number of para-hydroxylation sites is 1. The Morgan fingerprint density at radius 3 is 2.69 bits per heavy atom. The molecule has 3 aliphatic heterocycles. The first-order valence-corrected chi connectivity index (χ1v) is 12.1. The van der Waals surface area contributed by atoms with E-state index in [4.69, 9.17) is 4.74 Å². The number of carbonyl (C=O) groups excluding carboxylic acids is 3. The van der Waals surface area contributed by atoms with Gasteiger partial charge in [-0.3, -0.25) is 24.3 Å². The van der Waals surface area contributed by atoms with Crippen LogP contribution in [0.5, 0.6) is 5.75 Å². The van der Waals surface area contributed by atoms with Crippen molar-refractivity contribution in [1.82, 2.24) is 19.9 Å². The summed E-state index contributed by atoms with van der Waals surface area (Å²) in [6.07, 6.45) is 4.02. The van der Waals surface area contributed by atoms with Gasteiger partial charge < -0.3 is 4.74 Å². The molecule has 0 spiro atoms. The van der Waals surface area contributed by atoms with Crippen LogP contribution in [0.15, 0.2) is 54.7 Å². The summed E-state index contributed by atoms with van der Waals surface area (Å²) < 4.78 is 6.26. The van der Waals surface area contributed by atoms with Crippen LogP contribution in [-0.4, -0.2) is 56.8 Å². The van der Waals surface area contributed by atoms with Gasteiger partial charge in [0.2, 0.25) is 11.8 Å². The Kier molecular flexibility index (Phi) is 5.45. The number of pyridine rings is 1. The third-order valence-electron chi connectivity index (χ3n) is 6.94. The second-order valence-corrected chi connectivity index (χ2v) is 9.43. The van der Waals surface area contributed by atoms with Crippen LogP contribution in [0.1, 0.15) is 47.2 Å². The van der Waals surface area contributed by atoms with Crippen LogP contribution in [0, 0.1) is 0 Å². The van der Waals surface area contributed by atoms with Crippen molar-refractivity contribution in [2.24, 2.45) is 0 Å². The maximum Gasteiger partial charge on any atom is 0.273 e. The zero-order chi connectivity index (χ0) is 23.9. The monoisotopic (exact) mass is 470 g/mol. The van der Waals surface area contributed by atoms with Crippen LogP contribution < -0.4 is 4.74 Å². The molecule has 0 N–H and O–H groups in total. The molecule has 4 heterocycles. The van der Waals surface area contributed by atoms with Gasteiger partial charge in [-0.2, -0.15) is 5.01 Å². The number of hydrogen-bond donors (Lipinski definition) is 0. The maximum atomic E-state index is 12.9. The van der Waals surface area contributed by atoms with Crippen LogP contribution in [0.2, 0.25) is 0 Å². The Hall–Kier alpha value is -3.78. The van der Waals surface area contributed by atoms with Crippen LogP contribution in [0.3, 0.4) is 0 Å². The van der Waals surface area contributed by atoms with Crippen molar-refractivity contribution in [3.05, 3.63) is 71.4 Å². The summed E-state index contributed by atoms with van der Waals surface area (Å²) in [6, 6.07) is 15.7. The molecule has 0 unspecified atom stereocenters. The summed E-state index contributed by atoms with van der Waals surface area (Å²) in [5.74, 6) is -0.238. The molecule has 0 bridgehead atoms. The summed E-state index contributed by atoms with van der Waals surface area (Å²) in [4.78, 5) is 44.4. The molecule has 0 aliphatic carbocycles. The van der Waals surface area contributed by atoms with E-state index >= 15 is 0 Å². The highest BCUT2D eigenvalue weighted by molar-refractivity contribution is 6.04. The summed E-state index contributed by atoms with van der Waals surface area (Å²) in [6.45, 7) is 2.78. The highest BCUT2D eigenvalue weighted by Gasteiger charge is 2.39. The molecule has 0 radical (unpaired) electrons. The van der Waals surface area contributed by atoms with E-state index in [0.29, 0.717) is 17.7 Å². The van der Waals surface area contributed by atoms with E-state index in [1.807, 2.05) is 30.5 Å². The second-order valence-electron chi connectivity index (χ2n) is 9.43. The second kappa shape index (κ2) is 8.78. The fourth-order valence-electron chi connectivity index (χ4n) is 5.22. The number of imide groups is 1. The van der Waals surface area contributed by atoms with E-state index in [1.165, 1.54) is 10.6 Å². The number of nitrogens with zero attached hydrogens (tertiary/aromatic N) is 4. The number of benzene rings is 2. The summed E-state index contributed by atoms with van der Waals surface area (Å²) in [7, 11) is 0. The SMILES string of the molecule is O=C1c2ccc(O[C@@H]3CCN(Cc4cnc5ccccc5c4)C3)cc2CN1N1C(=O)CCCC1=O.